The van der Waals surface area contributed by atoms with Crippen LogP contribution in [0.4, 0.5) is 13.2 Å². The number of hydrogen-bond acceptors (Lipinski definition) is 3. The third-order valence-corrected chi connectivity index (χ3v) is 2.68. The van der Waals surface area contributed by atoms with Crippen LogP contribution in [0.5, 0.6) is 0 Å². The number of methoxy groups -OCH3 is 1. The molecule has 0 heterocycles. The molecule has 0 aromatic carbocycles. The summed E-state index contributed by atoms with van der Waals surface area (Å²) in [6.45, 7) is 4.27. The van der Waals surface area contributed by atoms with E-state index in [2.05, 4.69) is 5.32 Å². The van der Waals surface area contributed by atoms with Gasteiger partial charge in [0.05, 0.1) is 6.61 Å². The van der Waals surface area contributed by atoms with Crippen LogP contribution in [0.3, 0.4) is 0 Å². The van der Waals surface area contributed by atoms with Gasteiger partial charge in [-0.3, -0.25) is 0 Å². The van der Waals surface area contributed by atoms with Crippen LogP contribution in [0.15, 0.2) is 0 Å². The molecule has 0 saturated heterocycles. The Kier molecular flexibility index (Phi) is 9.40. The normalized spacial score (nSPS) is 15.7. The first kappa shape index (κ1) is 17.7. The van der Waals surface area contributed by atoms with Crippen LogP contribution in [0.1, 0.15) is 26.7 Å². The molecule has 6 heteroatoms. The van der Waals surface area contributed by atoms with Crippen molar-refractivity contribution >= 4 is 0 Å². The van der Waals surface area contributed by atoms with Gasteiger partial charge >= 0.3 is 6.18 Å². The van der Waals surface area contributed by atoms with Gasteiger partial charge in [0, 0.05) is 19.8 Å². The molecule has 0 fully saturated rings. The number of rotatable bonds is 10. The maximum Gasteiger partial charge on any atom is 0.411 e. The van der Waals surface area contributed by atoms with E-state index < -0.39 is 12.8 Å². The molecule has 0 amide bonds. The Labute approximate surface area is 107 Å². The third-order valence-electron chi connectivity index (χ3n) is 2.68. The lowest BCUT2D eigenvalue weighted by Crippen LogP contribution is -2.40. The van der Waals surface area contributed by atoms with Gasteiger partial charge in [-0.05, 0) is 25.3 Å². The number of nitrogens with one attached hydrogen (secondary N) is 1. The zero-order valence-electron chi connectivity index (χ0n) is 11.3. The molecule has 2 atom stereocenters. The summed E-state index contributed by atoms with van der Waals surface area (Å²) in [6.07, 6.45) is -2.52. The van der Waals surface area contributed by atoms with Crippen molar-refractivity contribution in [2.75, 3.05) is 33.5 Å². The first-order valence-corrected chi connectivity index (χ1v) is 6.27. The minimum atomic E-state index is -4.26. The fourth-order valence-corrected chi connectivity index (χ4v) is 1.56. The van der Waals surface area contributed by atoms with E-state index in [4.69, 9.17) is 9.47 Å². The fourth-order valence-electron chi connectivity index (χ4n) is 1.56. The quantitative estimate of drug-likeness (QED) is 0.662. The molecule has 0 aliphatic carbocycles. The molecule has 2 unspecified atom stereocenters. The first-order valence-electron chi connectivity index (χ1n) is 6.27. The minimum absolute atomic E-state index is 0.0672. The van der Waals surface area contributed by atoms with E-state index in [9.17, 15) is 13.2 Å². The second-order valence-corrected chi connectivity index (χ2v) is 4.45. The molecule has 0 radical (unpaired) electrons. The Morgan fingerprint density at radius 3 is 2.44 bits per heavy atom. The number of halogens is 3. The smallest absolute Gasteiger partial charge is 0.385 e. The maximum atomic E-state index is 12.0. The van der Waals surface area contributed by atoms with E-state index >= 15 is 0 Å². The fraction of sp³-hybridized carbons (Fsp3) is 1.00. The summed E-state index contributed by atoms with van der Waals surface area (Å²) in [5.74, 6) is 0.213. The van der Waals surface area contributed by atoms with Crippen molar-refractivity contribution in [2.45, 2.75) is 38.9 Å². The van der Waals surface area contributed by atoms with Gasteiger partial charge in [0.1, 0.15) is 6.61 Å². The molecule has 0 bridgehead atoms. The monoisotopic (exact) mass is 271 g/mol. The number of alkyl halides is 3. The van der Waals surface area contributed by atoms with Crippen LogP contribution >= 0.6 is 0 Å². The van der Waals surface area contributed by atoms with E-state index in [1.165, 1.54) is 0 Å². The highest BCUT2D eigenvalue weighted by molar-refractivity contribution is 4.73. The molecule has 0 rings (SSSR count). The SMILES string of the molecule is CCCNC(COCC(F)(F)F)C(C)CCOC. The van der Waals surface area contributed by atoms with E-state index in [1.807, 2.05) is 13.8 Å². The Hall–Kier alpha value is -0.330. The van der Waals surface area contributed by atoms with Crippen LogP contribution in [0.25, 0.3) is 0 Å². The van der Waals surface area contributed by atoms with Crippen LogP contribution < -0.4 is 5.32 Å². The summed E-state index contributed by atoms with van der Waals surface area (Å²) in [7, 11) is 1.61. The molecule has 0 aliphatic rings. The molecule has 0 aliphatic heterocycles. The van der Waals surface area contributed by atoms with E-state index in [0.717, 1.165) is 19.4 Å². The van der Waals surface area contributed by atoms with Gasteiger partial charge in [0.25, 0.3) is 0 Å². The summed E-state index contributed by atoms with van der Waals surface area (Å²) in [5.41, 5.74) is 0. The topological polar surface area (TPSA) is 30.5 Å². The zero-order valence-corrected chi connectivity index (χ0v) is 11.3. The predicted octanol–water partition coefficient (Wildman–Crippen LogP) is 2.61. The molecule has 0 spiro atoms. The lowest BCUT2D eigenvalue weighted by molar-refractivity contribution is -0.176. The number of hydrogen-bond donors (Lipinski definition) is 1. The van der Waals surface area contributed by atoms with Crippen molar-refractivity contribution in [1.82, 2.24) is 5.32 Å². The van der Waals surface area contributed by atoms with Gasteiger partial charge in [-0.1, -0.05) is 13.8 Å². The van der Waals surface area contributed by atoms with Crippen molar-refractivity contribution in [3.8, 4) is 0 Å². The standard InChI is InChI=1S/C12H24F3NO2/c1-4-6-16-11(10(2)5-7-17-3)8-18-9-12(13,14)15/h10-11,16H,4-9H2,1-3H3. The molecule has 0 saturated carbocycles. The molecule has 1 N–H and O–H groups in total. The molecule has 0 aromatic rings. The molecular formula is C12H24F3NO2. The summed E-state index contributed by atoms with van der Waals surface area (Å²) in [5, 5.41) is 3.22. The summed E-state index contributed by atoms with van der Waals surface area (Å²) in [6, 6.07) is -0.0672. The Bertz CT molecular complexity index is 200. The lowest BCUT2D eigenvalue weighted by Gasteiger charge is -2.25. The van der Waals surface area contributed by atoms with Crippen molar-refractivity contribution in [3.63, 3.8) is 0 Å². The van der Waals surface area contributed by atoms with Crippen LogP contribution in [-0.2, 0) is 9.47 Å². The third kappa shape index (κ3) is 9.67. The van der Waals surface area contributed by atoms with Crippen LogP contribution in [-0.4, -0.2) is 45.7 Å². The average molecular weight is 271 g/mol. The van der Waals surface area contributed by atoms with Gasteiger partial charge in [-0.25, -0.2) is 0 Å². The number of ether oxygens (including phenoxy) is 2. The van der Waals surface area contributed by atoms with Crippen molar-refractivity contribution in [2.24, 2.45) is 5.92 Å². The highest BCUT2D eigenvalue weighted by atomic mass is 19.4. The van der Waals surface area contributed by atoms with Gasteiger partial charge in [0.15, 0.2) is 0 Å². The Balaban J connectivity index is 4.04. The Morgan fingerprint density at radius 1 is 1.28 bits per heavy atom. The molecule has 110 valence electrons. The van der Waals surface area contributed by atoms with Gasteiger partial charge in [-0.2, -0.15) is 13.2 Å². The van der Waals surface area contributed by atoms with Crippen molar-refractivity contribution in [1.29, 1.82) is 0 Å². The molecule has 18 heavy (non-hydrogen) atoms. The van der Waals surface area contributed by atoms with Crippen molar-refractivity contribution < 1.29 is 22.6 Å². The van der Waals surface area contributed by atoms with Crippen LogP contribution in [0, 0.1) is 5.92 Å². The highest BCUT2D eigenvalue weighted by Gasteiger charge is 2.28. The second-order valence-electron chi connectivity index (χ2n) is 4.45. The second kappa shape index (κ2) is 9.58. The van der Waals surface area contributed by atoms with E-state index in [0.29, 0.717) is 6.61 Å². The average Bonchev–Trinajstić information content (AvgIpc) is 2.29. The molecular weight excluding hydrogens is 247 g/mol. The largest absolute Gasteiger partial charge is 0.411 e. The maximum absolute atomic E-state index is 12.0. The van der Waals surface area contributed by atoms with Gasteiger partial charge < -0.3 is 14.8 Å². The molecule has 3 nitrogen and oxygen atoms in total. The highest BCUT2D eigenvalue weighted by Crippen LogP contribution is 2.16. The summed E-state index contributed by atoms with van der Waals surface area (Å²) in [4.78, 5) is 0. The predicted molar refractivity (Wildman–Crippen MR) is 64.6 cm³/mol. The minimum Gasteiger partial charge on any atom is -0.385 e. The lowest BCUT2D eigenvalue weighted by atomic mass is 9.99. The first-order chi connectivity index (χ1) is 8.40. The molecule has 0 aromatic heterocycles. The van der Waals surface area contributed by atoms with Gasteiger partial charge in [-0.15, -0.1) is 0 Å². The van der Waals surface area contributed by atoms with E-state index in [-0.39, 0.29) is 18.6 Å². The van der Waals surface area contributed by atoms with E-state index in [1.54, 1.807) is 7.11 Å². The van der Waals surface area contributed by atoms with Gasteiger partial charge in [0.2, 0.25) is 0 Å². The van der Waals surface area contributed by atoms with Crippen LogP contribution in [0.2, 0.25) is 0 Å². The Morgan fingerprint density at radius 2 is 1.94 bits per heavy atom. The summed E-state index contributed by atoms with van der Waals surface area (Å²) < 4.78 is 45.7. The zero-order chi connectivity index (χ0) is 14.0. The summed E-state index contributed by atoms with van der Waals surface area (Å²) >= 11 is 0. The van der Waals surface area contributed by atoms with Crippen molar-refractivity contribution in [3.05, 3.63) is 0 Å².